The van der Waals surface area contributed by atoms with E-state index in [1.807, 2.05) is 65.8 Å². The number of esters is 2. The van der Waals surface area contributed by atoms with Gasteiger partial charge < -0.3 is 38.6 Å². The van der Waals surface area contributed by atoms with Gasteiger partial charge in [0.1, 0.15) is 24.7 Å². The van der Waals surface area contributed by atoms with Crippen molar-refractivity contribution in [3.05, 3.63) is 57.6 Å². The molecule has 0 amide bonds. The average Bonchev–Trinajstić information content (AvgIpc) is 3.07. The fraction of sp³-hybridized carbons (Fsp3) is 0.674. The summed E-state index contributed by atoms with van der Waals surface area (Å²) in [4.78, 5) is 25.4. The van der Waals surface area contributed by atoms with Crippen LogP contribution in [0.3, 0.4) is 0 Å². The number of carbonyl (C=O) groups excluding carboxylic acids is 2. The van der Waals surface area contributed by atoms with Crippen LogP contribution in [0, 0.1) is 30.1 Å². The van der Waals surface area contributed by atoms with Crippen LogP contribution in [-0.2, 0) is 61.7 Å². The first-order valence-corrected chi connectivity index (χ1v) is 18.9. The van der Waals surface area contributed by atoms with Crippen molar-refractivity contribution >= 4 is 11.9 Å². The van der Waals surface area contributed by atoms with Crippen LogP contribution < -0.4 is 0 Å². The van der Waals surface area contributed by atoms with Crippen LogP contribution in [0.5, 0.6) is 11.5 Å². The van der Waals surface area contributed by atoms with Gasteiger partial charge in [-0.2, -0.15) is 0 Å². The zero-order valence-corrected chi connectivity index (χ0v) is 34.2. The topological polar surface area (TPSA) is 130 Å². The van der Waals surface area contributed by atoms with Crippen LogP contribution >= 0.6 is 0 Å². The molecule has 2 aliphatic rings. The quantitative estimate of drug-likeness (QED) is 0.209. The van der Waals surface area contributed by atoms with E-state index in [0.29, 0.717) is 39.3 Å². The number of benzene rings is 2. The van der Waals surface area contributed by atoms with Crippen molar-refractivity contribution in [3.63, 3.8) is 0 Å². The summed E-state index contributed by atoms with van der Waals surface area (Å²) >= 11 is 0. The summed E-state index contributed by atoms with van der Waals surface area (Å²) in [6.45, 7) is 25.6. The molecule has 53 heavy (non-hydrogen) atoms. The predicted octanol–water partition coefficient (Wildman–Crippen LogP) is 7.75. The monoisotopic (exact) mass is 740 g/mol. The standard InChI is InChI=1S/C43H64O10/c1-27-29(13-17-31(35(27)46)39(3,4)5)15-19-33(44)48-21-41(9,10)37-50-23-43(24-51-37)25-52-38(53-26-43)42(11,12)22-49-34(45)20-16-30-14-18-32(40(6,7)8)36(47)28(30)2/h13-14,17-18,37-38,46-47H,15-16,19-26H2,1-12H3. The van der Waals surface area contributed by atoms with Gasteiger partial charge in [-0.05, 0) is 70.9 Å². The van der Waals surface area contributed by atoms with E-state index >= 15 is 0 Å². The summed E-state index contributed by atoms with van der Waals surface area (Å²) in [5, 5.41) is 21.4. The second-order valence-electron chi connectivity index (χ2n) is 18.7. The fourth-order valence-corrected chi connectivity index (χ4v) is 6.78. The van der Waals surface area contributed by atoms with E-state index < -0.39 is 28.8 Å². The Kier molecular flexibility index (Phi) is 13.1. The highest BCUT2D eigenvalue weighted by atomic mass is 16.7. The molecule has 0 radical (unpaired) electrons. The molecule has 0 aromatic heterocycles. The Morgan fingerprint density at radius 1 is 0.623 bits per heavy atom. The Morgan fingerprint density at radius 2 is 0.943 bits per heavy atom. The largest absolute Gasteiger partial charge is 0.507 e. The van der Waals surface area contributed by atoms with Crippen molar-refractivity contribution < 1.29 is 48.2 Å². The van der Waals surface area contributed by atoms with Crippen LogP contribution in [0.15, 0.2) is 24.3 Å². The molecule has 2 fully saturated rings. The van der Waals surface area contributed by atoms with E-state index in [9.17, 15) is 19.8 Å². The Bertz CT molecular complexity index is 1470. The van der Waals surface area contributed by atoms with Gasteiger partial charge in [-0.25, -0.2) is 0 Å². The third kappa shape index (κ3) is 10.5. The molecular weight excluding hydrogens is 676 g/mol. The molecule has 2 heterocycles. The zero-order valence-electron chi connectivity index (χ0n) is 34.2. The van der Waals surface area contributed by atoms with Gasteiger partial charge in [0.15, 0.2) is 12.6 Å². The molecule has 2 aliphatic heterocycles. The Morgan fingerprint density at radius 3 is 1.25 bits per heavy atom. The lowest BCUT2D eigenvalue weighted by Gasteiger charge is -2.48. The molecule has 0 saturated carbocycles. The first-order chi connectivity index (χ1) is 24.5. The number of carbonyl (C=O) groups is 2. The van der Waals surface area contributed by atoms with E-state index in [2.05, 4.69) is 41.5 Å². The third-order valence-electron chi connectivity index (χ3n) is 10.5. The maximum Gasteiger partial charge on any atom is 0.306 e. The molecule has 0 aliphatic carbocycles. The van der Waals surface area contributed by atoms with Gasteiger partial charge in [-0.1, -0.05) is 93.5 Å². The van der Waals surface area contributed by atoms with Crippen molar-refractivity contribution in [1.82, 2.24) is 0 Å². The van der Waals surface area contributed by atoms with Crippen LogP contribution in [0.25, 0.3) is 0 Å². The highest BCUT2D eigenvalue weighted by molar-refractivity contribution is 5.70. The molecule has 4 rings (SSSR count). The van der Waals surface area contributed by atoms with Crippen molar-refractivity contribution in [2.75, 3.05) is 39.6 Å². The maximum atomic E-state index is 12.7. The second kappa shape index (κ2) is 16.3. The van der Waals surface area contributed by atoms with Gasteiger partial charge in [0.05, 0.1) is 31.8 Å². The first-order valence-electron chi connectivity index (χ1n) is 18.9. The van der Waals surface area contributed by atoms with E-state index in [1.54, 1.807) is 0 Å². The summed E-state index contributed by atoms with van der Waals surface area (Å²) in [6, 6.07) is 7.83. The van der Waals surface area contributed by atoms with Gasteiger partial charge in [0.25, 0.3) is 0 Å². The van der Waals surface area contributed by atoms with Crippen molar-refractivity contribution in [2.45, 2.75) is 132 Å². The van der Waals surface area contributed by atoms with E-state index in [0.717, 1.165) is 33.4 Å². The molecule has 2 aromatic rings. The second-order valence-corrected chi connectivity index (χ2v) is 18.7. The minimum atomic E-state index is -0.598. The number of ether oxygens (including phenoxy) is 6. The van der Waals surface area contributed by atoms with Crippen molar-refractivity contribution in [2.24, 2.45) is 16.2 Å². The summed E-state index contributed by atoms with van der Waals surface area (Å²) in [5.41, 5.74) is 3.16. The Labute approximate surface area is 316 Å². The van der Waals surface area contributed by atoms with Crippen molar-refractivity contribution in [3.8, 4) is 11.5 Å². The van der Waals surface area contributed by atoms with Crippen LogP contribution in [0.2, 0.25) is 0 Å². The normalized spacial score (nSPS) is 21.4. The number of aryl methyl sites for hydroxylation is 2. The van der Waals surface area contributed by atoms with Gasteiger partial charge in [0, 0.05) is 23.7 Å². The number of aromatic hydroxyl groups is 2. The lowest BCUT2D eigenvalue weighted by atomic mass is 9.84. The summed E-state index contributed by atoms with van der Waals surface area (Å²) < 4.78 is 36.1. The fourth-order valence-electron chi connectivity index (χ4n) is 6.78. The molecule has 2 N–H and O–H groups in total. The highest BCUT2D eigenvalue weighted by Crippen LogP contribution is 2.40. The van der Waals surface area contributed by atoms with Gasteiger partial charge in [0.2, 0.25) is 0 Å². The van der Waals surface area contributed by atoms with Crippen LogP contribution in [0.4, 0.5) is 0 Å². The molecule has 2 aromatic carbocycles. The Hall–Kier alpha value is -3.18. The van der Waals surface area contributed by atoms with Crippen molar-refractivity contribution in [1.29, 1.82) is 0 Å². The molecule has 0 bridgehead atoms. The number of rotatable bonds is 12. The number of phenols is 2. The van der Waals surface area contributed by atoms with E-state index in [-0.39, 0.29) is 60.3 Å². The van der Waals surface area contributed by atoms with Gasteiger partial charge in [-0.15, -0.1) is 0 Å². The smallest absolute Gasteiger partial charge is 0.306 e. The molecule has 10 heteroatoms. The molecule has 10 nitrogen and oxygen atoms in total. The van der Waals surface area contributed by atoms with Gasteiger partial charge >= 0.3 is 11.9 Å². The average molecular weight is 741 g/mol. The number of hydrogen-bond donors (Lipinski definition) is 2. The lowest BCUT2D eigenvalue weighted by molar-refractivity contribution is -0.337. The molecule has 296 valence electrons. The number of hydrogen-bond acceptors (Lipinski definition) is 10. The molecule has 1 spiro atoms. The van der Waals surface area contributed by atoms with Crippen LogP contribution in [0.1, 0.15) is 115 Å². The van der Waals surface area contributed by atoms with E-state index in [4.69, 9.17) is 28.4 Å². The zero-order chi connectivity index (χ0) is 39.6. The lowest BCUT2D eigenvalue weighted by Crippen LogP contribution is -2.57. The minimum absolute atomic E-state index is 0.129. The van der Waals surface area contributed by atoms with Gasteiger partial charge in [-0.3, -0.25) is 9.59 Å². The first kappa shape index (κ1) is 42.6. The highest BCUT2D eigenvalue weighted by Gasteiger charge is 2.48. The SMILES string of the molecule is Cc1c(CCC(=O)OCC(C)(C)C2OCC3(CO2)COC(C(C)(C)COC(=O)CCc2ccc(C(C)(C)C)c(O)c2C)OC3)ccc(C(C)(C)C)c1O. The van der Waals surface area contributed by atoms with E-state index in [1.165, 1.54) is 0 Å². The summed E-state index contributed by atoms with van der Waals surface area (Å²) in [5.74, 6) is -0.0744. The minimum Gasteiger partial charge on any atom is -0.507 e. The molecule has 2 saturated heterocycles. The molecular formula is C43H64O10. The van der Waals surface area contributed by atoms with Crippen LogP contribution in [-0.4, -0.2) is 74.4 Å². The summed E-state index contributed by atoms with van der Waals surface area (Å²) in [7, 11) is 0. The summed E-state index contributed by atoms with van der Waals surface area (Å²) in [6.07, 6.45) is 0.181. The molecule has 0 unspecified atom stereocenters. The number of phenolic OH excluding ortho intramolecular Hbond substituents is 2. The third-order valence-corrected chi connectivity index (χ3v) is 10.5. The Balaban J connectivity index is 1.18. The predicted molar refractivity (Wildman–Crippen MR) is 203 cm³/mol. The molecule has 0 atom stereocenters. The maximum absolute atomic E-state index is 12.7.